The average Bonchev–Trinajstić information content (AvgIpc) is 3.15. The van der Waals surface area contributed by atoms with Crippen molar-refractivity contribution in [2.75, 3.05) is 38.8 Å². The Morgan fingerprint density at radius 3 is 2.11 bits per heavy atom. The normalized spacial score (nSPS) is 13.4. The smallest absolute Gasteiger partial charge is 0.466 e. The molecule has 304 valence electrons. The molecule has 0 saturated heterocycles. The highest BCUT2D eigenvalue weighted by Crippen LogP contribution is 2.16. The Labute approximate surface area is 327 Å². The lowest BCUT2D eigenvalue weighted by atomic mass is 10.0. The van der Waals surface area contributed by atoms with Crippen molar-refractivity contribution in [1.29, 1.82) is 0 Å². The van der Waals surface area contributed by atoms with Gasteiger partial charge in [-0.1, -0.05) is 81.5 Å². The van der Waals surface area contributed by atoms with Crippen LogP contribution in [0, 0.1) is 0 Å². The topological polar surface area (TPSA) is 196 Å². The summed E-state index contributed by atoms with van der Waals surface area (Å²) in [5.74, 6) is -1.60. The number of amides is 3. The second kappa shape index (κ2) is 26.1. The number of ether oxygens (including phenoxy) is 3. The van der Waals surface area contributed by atoms with Gasteiger partial charge in [0.1, 0.15) is 23.9 Å². The quantitative estimate of drug-likeness (QED) is 0.0431. The monoisotopic (exact) mass is 785 g/mol. The fourth-order valence-electron chi connectivity index (χ4n) is 5.52. The van der Waals surface area contributed by atoms with Gasteiger partial charge in [0, 0.05) is 49.2 Å². The van der Waals surface area contributed by atoms with Gasteiger partial charge in [0.15, 0.2) is 0 Å². The van der Waals surface area contributed by atoms with Crippen LogP contribution in [-0.4, -0.2) is 102 Å². The van der Waals surface area contributed by atoms with Crippen molar-refractivity contribution in [3.8, 4) is 5.75 Å². The minimum Gasteiger partial charge on any atom is -0.466 e. The summed E-state index contributed by atoms with van der Waals surface area (Å²) >= 11 is 0. The number of amidine groups is 1. The molecule has 4 atom stereocenters. The molecule has 0 radical (unpaired) electrons. The molecular formula is C40H59N5O9S. The number of carbonyl (C=O) groups is 5. The van der Waals surface area contributed by atoms with Gasteiger partial charge in [-0.2, -0.15) is 0 Å². The minimum atomic E-state index is -1.29. The summed E-state index contributed by atoms with van der Waals surface area (Å²) in [5.41, 5.74) is 7.34. The van der Waals surface area contributed by atoms with Crippen LogP contribution in [0.1, 0.15) is 83.3 Å². The second-order valence-corrected chi connectivity index (χ2v) is 14.9. The summed E-state index contributed by atoms with van der Waals surface area (Å²) in [7, 11) is 0.263. The van der Waals surface area contributed by atoms with Gasteiger partial charge in [-0.05, 0) is 49.9 Å². The molecule has 0 aliphatic heterocycles. The van der Waals surface area contributed by atoms with Crippen LogP contribution in [0.25, 0.3) is 0 Å². The van der Waals surface area contributed by atoms with Crippen LogP contribution in [0.5, 0.6) is 5.75 Å². The Bertz CT molecular complexity index is 1550. The Kier molecular flexibility index (Phi) is 22.0. The number of benzene rings is 2. The van der Waals surface area contributed by atoms with Crippen LogP contribution >= 0.6 is 0 Å². The van der Waals surface area contributed by atoms with Gasteiger partial charge >= 0.3 is 12.1 Å². The molecule has 0 aliphatic rings. The molecule has 1 unspecified atom stereocenters. The predicted octanol–water partition coefficient (Wildman–Crippen LogP) is 4.24. The average molecular weight is 786 g/mol. The van der Waals surface area contributed by atoms with Crippen molar-refractivity contribution < 1.29 is 42.4 Å². The number of likely N-dealkylation sites (N-methyl/N-ethyl adjacent to an activating group) is 1. The molecule has 2 aromatic carbocycles. The van der Waals surface area contributed by atoms with Crippen molar-refractivity contribution in [3.05, 3.63) is 65.7 Å². The van der Waals surface area contributed by atoms with Crippen molar-refractivity contribution in [3.63, 3.8) is 0 Å². The van der Waals surface area contributed by atoms with E-state index in [0.29, 0.717) is 12.2 Å². The number of nitrogens with one attached hydrogen (secondary N) is 2. The first-order chi connectivity index (χ1) is 26.3. The summed E-state index contributed by atoms with van der Waals surface area (Å²) in [6.45, 7) is 5.93. The van der Waals surface area contributed by atoms with E-state index in [4.69, 9.17) is 19.9 Å². The van der Waals surface area contributed by atoms with Crippen LogP contribution in [-0.2, 0) is 52.3 Å². The lowest BCUT2D eigenvalue weighted by molar-refractivity contribution is -0.145. The van der Waals surface area contributed by atoms with E-state index in [-0.39, 0.29) is 56.2 Å². The molecule has 0 aliphatic carbocycles. The number of hydrogen-bond donors (Lipinski definition) is 3. The molecule has 15 heteroatoms. The molecule has 0 fully saturated rings. The van der Waals surface area contributed by atoms with E-state index in [9.17, 15) is 28.2 Å². The first-order valence-electron chi connectivity index (χ1n) is 18.9. The van der Waals surface area contributed by atoms with Crippen LogP contribution < -0.4 is 21.1 Å². The molecule has 0 aromatic heterocycles. The summed E-state index contributed by atoms with van der Waals surface area (Å²) in [4.78, 5) is 71.2. The number of nitrogens with zero attached hydrogens (tertiary/aromatic N) is 2. The fraction of sp³-hybridized carbons (Fsp3) is 0.550. The maximum Gasteiger partial charge on any atom is 0.513 e. The lowest BCUT2D eigenvalue weighted by Crippen LogP contribution is -2.56. The number of unbranched alkanes of at least 4 members (excludes halogenated alkanes) is 5. The van der Waals surface area contributed by atoms with Crippen molar-refractivity contribution in [2.24, 2.45) is 10.7 Å². The maximum absolute atomic E-state index is 13.9. The van der Waals surface area contributed by atoms with Gasteiger partial charge in [0.25, 0.3) is 0 Å². The first-order valence-corrected chi connectivity index (χ1v) is 20.6. The van der Waals surface area contributed by atoms with Gasteiger partial charge in [-0.25, -0.2) is 4.79 Å². The highest BCUT2D eigenvalue weighted by molar-refractivity contribution is 7.84. The van der Waals surface area contributed by atoms with E-state index in [1.54, 1.807) is 38.2 Å². The molecule has 0 bridgehead atoms. The van der Waals surface area contributed by atoms with E-state index in [0.717, 1.165) is 31.2 Å². The highest BCUT2D eigenvalue weighted by atomic mass is 32.2. The van der Waals surface area contributed by atoms with Crippen LogP contribution in [0.15, 0.2) is 59.6 Å². The van der Waals surface area contributed by atoms with E-state index < -0.39 is 58.8 Å². The van der Waals surface area contributed by atoms with Gasteiger partial charge in [0.2, 0.25) is 17.7 Å². The Morgan fingerprint density at radius 1 is 0.836 bits per heavy atom. The molecule has 0 spiro atoms. The van der Waals surface area contributed by atoms with Crippen LogP contribution in [0.3, 0.4) is 0 Å². The van der Waals surface area contributed by atoms with E-state index in [2.05, 4.69) is 22.5 Å². The van der Waals surface area contributed by atoms with E-state index in [1.165, 1.54) is 30.9 Å². The van der Waals surface area contributed by atoms with Crippen LogP contribution in [0.2, 0.25) is 0 Å². The van der Waals surface area contributed by atoms with Gasteiger partial charge in [0.05, 0.1) is 25.5 Å². The van der Waals surface area contributed by atoms with Crippen molar-refractivity contribution >= 4 is 46.5 Å². The molecule has 0 saturated carbocycles. The molecule has 4 N–H and O–H groups in total. The molecule has 2 aromatic rings. The molecule has 0 heterocycles. The molecule has 55 heavy (non-hydrogen) atoms. The summed E-state index contributed by atoms with van der Waals surface area (Å²) < 4.78 is 27.4. The first kappa shape index (κ1) is 46.4. The van der Waals surface area contributed by atoms with Gasteiger partial charge in [-0.15, -0.1) is 0 Å². The summed E-state index contributed by atoms with van der Waals surface area (Å²) in [5, 5.41) is 5.56. The SMILES string of the molecule is CCCCCCCCOC(=O)CCN(C)C(=O)[C@H](Cc1ccccc1)NC(=O)[C@@H](CCS(C)=O)NC(=O)[C@H](Cc1ccc(OC(=O)OCC)cc1)N=C(C)N. The number of aliphatic imine (C=N–C) groups is 1. The molecule has 2 rings (SSSR count). The third-order valence-corrected chi connectivity index (χ3v) is 9.30. The Hall–Kier alpha value is -4.79. The highest BCUT2D eigenvalue weighted by Gasteiger charge is 2.31. The van der Waals surface area contributed by atoms with E-state index >= 15 is 0 Å². The second-order valence-electron chi connectivity index (χ2n) is 13.3. The molecular weight excluding hydrogens is 727 g/mol. The van der Waals surface area contributed by atoms with Gasteiger partial charge < -0.3 is 35.5 Å². The van der Waals surface area contributed by atoms with Crippen molar-refractivity contribution in [1.82, 2.24) is 15.5 Å². The Balaban J connectivity index is 2.18. The minimum absolute atomic E-state index is 0.00527. The summed E-state index contributed by atoms with van der Waals surface area (Å²) in [6, 6.07) is 12.3. The maximum atomic E-state index is 13.9. The van der Waals surface area contributed by atoms with E-state index in [1.807, 2.05) is 30.3 Å². The number of carbonyl (C=O) groups excluding carboxylic acids is 5. The standard InChI is InChI=1S/C40H59N5O9S/c1-6-8-9-10-11-15-25-53-36(46)22-24-45(4)39(49)35(28-30-16-13-12-14-17-30)44-37(47)33(23-26-55(5)51)43-38(48)34(42-29(3)41)27-31-18-20-32(21-19-31)54-40(50)52-7-2/h12-14,16-21,33-35H,6-11,15,22-28H2,1-5H3,(H2,41,42)(H,43,48)(H,44,47)/t33-,34+,35+,55?/m1/s1. The van der Waals surface area contributed by atoms with Gasteiger partial charge in [-0.3, -0.25) is 28.4 Å². The number of hydrogen-bond acceptors (Lipinski definition) is 10. The predicted molar refractivity (Wildman–Crippen MR) is 213 cm³/mol. The largest absolute Gasteiger partial charge is 0.513 e. The zero-order valence-corrected chi connectivity index (χ0v) is 33.7. The molecule has 3 amide bonds. The fourth-order valence-corrected chi connectivity index (χ4v) is 6.09. The van der Waals surface area contributed by atoms with Crippen LogP contribution in [0.4, 0.5) is 4.79 Å². The zero-order valence-electron chi connectivity index (χ0n) is 32.9. The van der Waals surface area contributed by atoms with Crippen molar-refractivity contribution in [2.45, 2.75) is 103 Å². The lowest BCUT2D eigenvalue weighted by Gasteiger charge is -2.27. The Morgan fingerprint density at radius 2 is 1.47 bits per heavy atom. The third-order valence-electron chi connectivity index (χ3n) is 8.49. The number of nitrogens with two attached hydrogens (primary N) is 1. The number of rotatable bonds is 25. The zero-order chi connectivity index (χ0) is 40.6. The third kappa shape index (κ3) is 19.4. The summed E-state index contributed by atoms with van der Waals surface area (Å²) in [6.07, 6.45) is 7.31. The number of esters is 1. The molecule has 14 nitrogen and oxygen atoms in total.